The van der Waals surface area contributed by atoms with Crippen LogP contribution in [0.2, 0.25) is 0 Å². The maximum absolute atomic E-state index is 9.92. The zero-order valence-electron chi connectivity index (χ0n) is 4.38. The molecule has 0 N–H and O–H groups in total. The van der Waals surface area contributed by atoms with Crippen LogP contribution in [0.15, 0.2) is 12.2 Å². The number of hydrogen-bond donors (Lipinski definition) is 0. The standard InChI is InChI=1S/C4H2O3.Li/c5-3-1-2-4(6)7-3;/h1-2H;. The summed E-state index contributed by atoms with van der Waals surface area (Å²) in [5.74, 6) is -1.16. The quantitative estimate of drug-likeness (QED) is 0.231. The molecule has 0 aromatic carbocycles. The molecule has 1 rings (SSSR count). The third-order valence-electron chi connectivity index (χ3n) is 0.557. The Kier molecular flexibility index (Phi) is 2.53. The molecule has 0 fully saturated rings. The molecule has 0 aliphatic carbocycles. The Morgan fingerprint density at radius 1 is 1.12 bits per heavy atom. The van der Waals surface area contributed by atoms with Crippen molar-refractivity contribution in [2.24, 2.45) is 0 Å². The molecule has 0 unspecified atom stereocenters. The van der Waals surface area contributed by atoms with Crippen LogP contribution in [0.4, 0.5) is 0 Å². The average Bonchev–Trinajstić information content (AvgIpc) is 1.87. The predicted molar refractivity (Wildman–Crippen MR) is 26.0 cm³/mol. The Hall–Kier alpha value is -0.523. The summed E-state index contributed by atoms with van der Waals surface area (Å²) in [6.07, 6.45) is 2.17. The molecule has 0 saturated carbocycles. The predicted octanol–water partition coefficient (Wildman–Crippen LogP) is -0.755. The third-order valence-corrected chi connectivity index (χ3v) is 0.557. The average molecular weight is 105 g/mol. The second-order valence-electron chi connectivity index (χ2n) is 1.07. The van der Waals surface area contributed by atoms with E-state index in [1.165, 1.54) is 0 Å². The van der Waals surface area contributed by atoms with Gasteiger partial charge in [0.15, 0.2) is 0 Å². The fourth-order valence-electron chi connectivity index (χ4n) is 0.303. The largest absolute Gasteiger partial charge is 0.387 e. The molecular formula is C4H2LiO3. The van der Waals surface area contributed by atoms with Gasteiger partial charge in [-0.05, 0) is 0 Å². The number of rotatable bonds is 0. The van der Waals surface area contributed by atoms with Gasteiger partial charge in [0, 0.05) is 31.0 Å². The van der Waals surface area contributed by atoms with E-state index in [1.807, 2.05) is 0 Å². The van der Waals surface area contributed by atoms with Crippen LogP contribution < -0.4 is 0 Å². The normalized spacial score (nSPS) is 15.5. The van der Waals surface area contributed by atoms with E-state index in [2.05, 4.69) is 4.74 Å². The molecule has 4 heteroatoms. The minimum absolute atomic E-state index is 0. The molecule has 1 aliphatic rings. The van der Waals surface area contributed by atoms with Gasteiger partial charge >= 0.3 is 11.9 Å². The second-order valence-corrected chi connectivity index (χ2v) is 1.07. The molecule has 8 heavy (non-hydrogen) atoms. The molecule has 37 valence electrons. The number of hydrogen-bond acceptors (Lipinski definition) is 3. The molecule has 0 aromatic heterocycles. The minimum atomic E-state index is -0.579. The van der Waals surface area contributed by atoms with Gasteiger partial charge in [0.05, 0.1) is 0 Å². The van der Waals surface area contributed by atoms with Crippen molar-refractivity contribution in [2.75, 3.05) is 0 Å². The van der Waals surface area contributed by atoms with E-state index in [0.29, 0.717) is 0 Å². The molecule has 0 aromatic rings. The topological polar surface area (TPSA) is 43.4 Å². The molecule has 0 bridgehead atoms. The van der Waals surface area contributed by atoms with Gasteiger partial charge in [-0.1, -0.05) is 0 Å². The fourth-order valence-corrected chi connectivity index (χ4v) is 0.303. The van der Waals surface area contributed by atoms with Crippen molar-refractivity contribution in [1.82, 2.24) is 0 Å². The van der Waals surface area contributed by atoms with Gasteiger partial charge in [-0.15, -0.1) is 0 Å². The number of carbonyl (C=O) groups is 2. The molecule has 1 heterocycles. The maximum Gasteiger partial charge on any atom is 0.338 e. The molecule has 0 spiro atoms. The summed E-state index contributed by atoms with van der Waals surface area (Å²) in [4.78, 5) is 19.8. The van der Waals surface area contributed by atoms with Crippen molar-refractivity contribution >= 4 is 30.8 Å². The fraction of sp³-hybridized carbons (Fsp3) is 0. The van der Waals surface area contributed by atoms with Crippen molar-refractivity contribution in [2.45, 2.75) is 0 Å². The Labute approximate surface area is 57.9 Å². The molecule has 0 atom stereocenters. The Bertz CT molecular complexity index is 133. The first-order valence-electron chi connectivity index (χ1n) is 1.73. The first-order valence-corrected chi connectivity index (χ1v) is 1.73. The van der Waals surface area contributed by atoms with Crippen molar-refractivity contribution < 1.29 is 14.3 Å². The van der Waals surface area contributed by atoms with Gasteiger partial charge < -0.3 is 4.74 Å². The Morgan fingerprint density at radius 3 is 1.62 bits per heavy atom. The summed E-state index contributed by atoms with van der Waals surface area (Å²) >= 11 is 0. The first kappa shape index (κ1) is 7.48. The second kappa shape index (κ2) is 2.70. The van der Waals surface area contributed by atoms with E-state index in [4.69, 9.17) is 0 Å². The summed E-state index contributed by atoms with van der Waals surface area (Å²) in [5.41, 5.74) is 0. The molecular weight excluding hydrogens is 103 g/mol. The summed E-state index contributed by atoms with van der Waals surface area (Å²) in [7, 11) is 0. The number of ether oxygens (including phenoxy) is 1. The minimum Gasteiger partial charge on any atom is -0.387 e. The zero-order chi connectivity index (χ0) is 5.28. The van der Waals surface area contributed by atoms with Crippen LogP contribution in [0, 0.1) is 0 Å². The van der Waals surface area contributed by atoms with Gasteiger partial charge in [0.2, 0.25) is 0 Å². The SMILES string of the molecule is O=C1C=CC(=O)O1.[Li]. The van der Waals surface area contributed by atoms with Crippen LogP contribution in [-0.2, 0) is 14.3 Å². The molecule has 3 nitrogen and oxygen atoms in total. The van der Waals surface area contributed by atoms with Gasteiger partial charge in [-0.2, -0.15) is 0 Å². The summed E-state index contributed by atoms with van der Waals surface area (Å²) < 4.78 is 3.97. The number of esters is 2. The molecule has 1 aliphatic heterocycles. The van der Waals surface area contributed by atoms with Crippen molar-refractivity contribution in [3.05, 3.63) is 12.2 Å². The van der Waals surface area contributed by atoms with E-state index in [1.54, 1.807) is 0 Å². The van der Waals surface area contributed by atoms with Gasteiger partial charge in [0.1, 0.15) is 0 Å². The first-order chi connectivity index (χ1) is 3.29. The van der Waals surface area contributed by atoms with E-state index in [0.717, 1.165) is 12.2 Å². The monoisotopic (exact) mass is 105 g/mol. The summed E-state index contributed by atoms with van der Waals surface area (Å²) in [5, 5.41) is 0. The molecule has 0 amide bonds. The Morgan fingerprint density at radius 2 is 1.50 bits per heavy atom. The van der Waals surface area contributed by atoms with Crippen LogP contribution >= 0.6 is 0 Å². The van der Waals surface area contributed by atoms with Gasteiger partial charge in [0.25, 0.3) is 0 Å². The van der Waals surface area contributed by atoms with Crippen molar-refractivity contribution in [3.63, 3.8) is 0 Å². The van der Waals surface area contributed by atoms with Crippen molar-refractivity contribution in [1.29, 1.82) is 0 Å². The van der Waals surface area contributed by atoms with Crippen LogP contribution in [0.5, 0.6) is 0 Å². The van der Waals surface area contributed by atoms with Crippen LogP contribution in [0.1, 0.15) is 0 Å². The Balaban J connectivity index is 0.000000490. The van der Waals surface area contributed by atoms with E-state index in [-0.39, 0.29) is 18.9 Å². The summed E-state index contributed by atoms with van der Waals surface area (Å²) in [6.45, 7) is 0. The molecule has 1 radical (unpaired) electrons. The number of cyclic esters (lactones) is 2. The number of carbonyl (C=O) groups excluding carboxylic acids is 2. The third kappa shape index (κ3) is 1.53. The van der Waals surface area contributed by atoms with Crippen LogP contribution in [0.3, 0.4) is 0 Å². The zero-order valence-corrected chi connectivity index (χ0v) is 4.38. The smallest absolute Gasteiger partial charge is 0.338 e. The van der Waals surface area contributed by atoms with E-state index >= 15 is 0 Å². The maximum atomic E-state index is 9.92. The van der Waals surface area contributed by atoms with E-state index in [9.17, 15) is 9.59 Å². The van der Waals surface area contributed by atoms with Crippen LogP contribution in [-0.4, -0.2) is 30.8 Å². The van der Waals surface area contributed by atoms with Crippen molar-refractivity contribution in [3.8, 4) is 0 Å². The summed E-state index contributed by atoms with van der Waals surface area (Å²) in [6, 6.07) is 0. The van der Waals surface area contributed by atoms with E-state index < -0.39 is 11.9 Å². The van der Waals surface area contributed by atoms with Gasteiger partial charge in [-0.25, -0.2) is 9.59 Å². The van der Waals surface area contributed by atoms with Crippen LogP contribution in [0.25, 0.3) is 0 Å². The molecule has 0 saturated heterocycles. The van der Waals surface area contributed by atoms with Gasteiger partial charge in [-0.3, -0.25) is 0 Å².